The minimum absolute atomic E-state index is 0.144. The van der Waals surface area contributed by atoms with Gasteiger partial charge in [0.15, 0.2) is 0 Å². The summed E-state index contributed by atoms with van der Waals surface area (Å²) in [7, 11) is 0. The highest BCUT2D eigenvalue weighted by molar-refractivity contribution is 8.00. The van der Waals surface area contributed by atoms with Gasteiger partial charge in [0.25, 0.3) is 5.91 Å². The van der Waals surface area contributed by atoms with E-state index in [4.69, 9.17) is 0 Å². The maximum atomic E-state index is 12.7. The average molecular weight is 307 g/mol. The van der Waals surface area contributed by atoms with Gasteiger partial charge in [-0.25, -0.2) is 4.98 Å². The normalized spacial score (nSPS) is 18.6. The summed E-state index contributed by atoms with van der Waals surface area (Å²) in [6.07, 6.45) is 1.96. The topological polar surface area (TPSA) is 45.2 Å². The number of pyridine rings is 1. The predicted octanol–water partition coefficient (Wildman–Crippen LogP) is 3.04. The van der Waals surface area contributed by atoms with Crippen LogP contribution in [0.5, 0.6) is 0 Å². The second-order valence-corrected chi connectivity index (χ2v) is 6.68. The molecule has 4 nitrogen and oxygen atoms in total. The highest BCUT2D eigenvalue weighted by Crippen LogP contribution is 2.23. The molecule has 0 bridgehead atoms. The number of anilines is 1. The van der Waals surface area contributed by atoms with Gasteiger partial charge in [-0.05, 0) is 31.9 Å². The van der Waals surface area contributed by atoms with E-state index in [1.165, 1.54) is 0 Å². The summed E-state index contributed by atoms with van der Waals surface area (Å²) >= 11 is 1.98. The fourth-order valence-corrected chi connectivity index (χ4v) is 3.68. The molecule has 5 heteroatoms. The summed E-state index contributed by atoms with van der Waals surface area (Å²) in [4.78, 5) is 19.3. The zero-order chi connectivity index (χ0) is 15.2. The van der Waals surface area contributed by atoms with Gasteiger partial charge < -0.3 is 10.2 Å². The number of thioether (sulfide) groups is 1. The monoisotopic (exact) mass is 307 g/mol. The Bertz CT molecular complexity index is 492. The Morgan fingerprint density at radius 2 is 2.24 bits per heavy atom. The zero-order valence-corrected chi connectivity index (χ0v) is 14.0. The van der Waals surface area contributed by atoms with Crippen LogP contribution < -0.4 is 5.32 Å². The molecule has 1 unspecified atom stereocenters. The molecule has 0 spiro atoms. The molecule has 0 saturated carbocycles. The summed E-state index contributed by atoms with van der Waals surface area (Å²) in [5.41, 5.74) is 1.73. The van der Waals surface area contributed by atoms with Gasteiger partial charge in [-0.1, -0.05) is 13.8 Å². The summed E-state index contributed by atoms with van der Waals surface area (Å²) < 4.78 is 0. The number of aromatic nitrogens is 1. The van der Waals surface area contributed by atoms with Crippen LogP contribution in [0.25, 0.3) is 0 Å². The Labute approximate surface area is 131 Å². The van der Waals surface area contributed by atoms with Gasteiger partial charge in [-0.3, -0.25) is 4.79 Å². The first-order valence-corrected chi connectivity index (χ1v) is 8.88. The molecule has 1 amide bonds. The Morgan fingerprint density at radius 1 is 1.43 bits per heavy atom. The van der Waals surface area contributed by atoms with E-state index in [1.807, 2.05) is 35.7 Å². The van der Waals surface area contributed by atoms with Crippen LogP contribution in [0.3, 0.4) is 0 Å². The van der Waals surface area contributed by atoms with Crippen molar-refractivity contribution >= 4 is 23.5 Å². The number of nitrogens with one attached hydrogen (secondary N) is 1. The van der Waals surface area contributed by atoms with Gasteiger partial charge in [0.2, 0.25) is 0 Å². The van der Waals surface area contributed by atoms with Crippen LogP contribution in [-0.4, -0.2) is 46.4 Å². The number of hydrogen-bond acceptors (Lipinski definition) is 4. The van der Waals surface area contributed by atoms with E-state index in [0.717, 1.165) is 55.3 Å². The molecule has 116 valence electrons. The zero-order valence-electron chi connectivity index (χ0n) is 13.2. The van der Waals surface area contributed by atoms with Crippen molar-refractivity contribution < 1.29 is 4.79 Å². The van der Waals surface area contributed by atoms with Gasteiger partial charge in [-0.15, -0.1) is 0 Å². The first kappa shape index (κ1) is 16.1. The second kappa shape index (κ2) is 7.69. The number of carbonyl (C=O) groups is 1. The largest absolute Gasteiger partial charge is 0.370 e. The van der Waals surface area contributed by atoms with E-state index < -0.39 is 0 Å². The highest BCUT2D eigenvalue weighted by Gasteiger charge is 2.24. The van der Waals surface area contributed by atoms with Crippen molar-refractivity contribution in [2.45, 2.75) is 38.9 Å². The Kier molecular flexibility index (Phi) is 5.91. The van der Waals surface area contributed by atoms with Crippen LogP contribution in [0.1, 0.15) is 43.2 Å². The molecule has 1 atom stereocenters. The summed E-state index contributed by atoms with van der Waals surface area (Å²) in [5.74, 6) is 1.99. The van der Waals surface area contributed by atoms with Gasteiger partial charge in [0.05, 0.1) is 0 Å². The molecule has 1 aliphatic heterocycles. The second-order valence-electron chi connectivity index (χ2n) is 5.27. The fraction of sp³-hybridized carbons (Fsp3) is 0.625. The lowest BCUT2D eigenvalue weighted by Gasteiger charge is -2.32. The lowest BCUT2D eigenvalue weighted by Crippen LogP contribution is -2.41. The van der Waals surface area contributed by atoms with Crippen molar-refractivity contribution in [3.63, 3.8) is 0 Å². The van der Waals surface area contributed by atoms with Gasteiger partial charge >= 0.3 is 0 Å². The third kappa shape index (κ3) is 4.13. The SMILES string of the molecule is CCNc1cc(C(=O)N2CCSC(CC)C2)cc(CC)n1. The van der Waals surface area contributed by atoms with Crippen molar-refractivity contribution in [3.8, 4) is 0 Å². The molecule has 0 aliphatic carbocycles. The number of carbonyl (C=O) groups excluding carboxylic acids is 1. The number of amides is 1. The summed E-state index contributed by atoms with van der Waals surface area (Å²) in [6.45, 7) is 8.82. The van der Waals surface area contributed by atoms with Crippen molar-refractivity contribution in [1.29, 1.82) is 0 Å². The number of aryl methyl sites for hydroxylation is 1. The first-order chi connectivity index (χ1) is 10.2. The van der Waals surface area contributed by atoms with Gasteiger partial charge in [0.1, 0.15) is 5.82 Å². The molecule has 0 aromatic carbocycles. The van der Waals surface area contributed by atoms with E-state index in [2.05, 4.69) is 24.1 Å². The third-order valence-electron chi connectivity index (χ3n) is 3.73. The molecule has 1 aliphatic rings. The van der Waals surface area contributed by atoms with E-state index in [-0.39, 0.29) is 5.91 Å². The van der Waals surface area contributed by atoms with Crippen molar-refractivity contribution in [1.82, 2.24) is 9.88 Å². The van der Waals surface area contributed by atoms with Gasteiger partial charge in [-0.2, -0.15) is 11.8 Å². The molecule has 1 aromatic heterocycles. The minimum atomic E-state index is 0.144. The number of hydrogen-bond donors (Lipinski definition) is 1. The van der Waals surface area contributed by atoms with Crippen LogP contribution in [0.15, 0.2) is 12.1 Å². The van der Waals surface area contributed by atoms with Crippen molar-refractivity contribution in [3.05, 3.63) is 23.4 Å². The van der Waals surface area contributed by atoms with Crippen molar-refractivity contribution in [2.75, 3.05) is 30.7 Å². The first-order valence-electron chi connectivity index (χ1n) is 7.83. The lowest BCUT2D eigenvalue weighted by atomic mass is 10.1. The third-order valence-corrected chi connectivity index (χ3v) is 5.10. The van der Waals surface area contributed by atoms with E-state index >= 15 is 0 Å². The molecule has 1 saturated heterocycles. The van der Waals surface area contributed by atoms with Gasteiger partial charge in [0, 0.05) is 41.9 Å². The summed E-state index contributed by atoms with van der Waals surface area (Å²) in [5, 5.41) is 3.79. The number of nitrogens with zero attached hydrogens (tertiary/aromatic N) is 2. The standard InChI is InChI=1S/C16H25N3OS/c1-4-13-9-12(10-15(18-13)17-6-3)16(20)19-7-8-21-14(5-2)11-19/h9-10,14H,4-8,11H2,1-3H3,(H,17,18). The lowest BCUT2D eigenvalue weighted by molar-refractivity contribution is 0.0760. The van der Waals surface area contributed by atoms with Crippen LogP contribution >= 0.6 is 11.8 Å². The van der Waals surface area contributed by atoms with Crippen LogP contribution in [0.4, 0.5) is 5.82 Å². The number of rotatable bonds is 5. The molecule has 0 radical (unpaired) electrons. The molecule has 2 rings (SSSR count). The van der Waals surface area contributed by atoms with E-state index in [1.54, 1.807) is 0 Å². The quantitative estimate of drug-likeness (QED) is 0.908. The molecule has 2 heterocycles. The van der Waals surface area contributed by atoms with Crippen LogP contribution in [-0.2, 0) is 6.42 Å². The molecule has 1 aromatic rings. The molecule has 21 heavy (non-hydrogen) atoms. The highest BCUT2D eigenvalue weighted by atomic mass is 32.2. The molecule has 1 N–H and O–H groups in total. The molecular weight excluding hydrogens is 282 g/mol. The Hall–Kier alpha value is -1.23. The molecular formula is C16H25N3OS. The maximum Gasteiger partial charge on any atom is 0.254 e. The Morgan fingerprint density at radius 3 is 2.90 bits per heavy atom. The van der Waals surface area contributed by atoms with Crippen LogP contribution in [0.2, 0.25) is 0 Å². The van der Waals surface area contributed by atoms with E-state index in [9.17, 15) is 4.79 Å². The van der Waals surface area contributed by atoms with Crippen molar-refractivity contribution in [2.24, 2.45) is 0 Å². The van der Waals surface area contributed by atoms with E-state index in [0.29, 0.717) is 5.25 Å². The minimum Gasteiger partial charge on any atom is -0.370 e. The fourth-order valence-electron chi connectivity index (χ4n) is 2.50. The molecule has 1 fully saturated rings. The maximum absolute atomic E-state index is 12.7. The summed E-state index contributed by atoms with van der Waals surface area (Å²) in [6, 6.07) is 3.82. The Balaban J connectivity index is 2.19. The smallest absolute Gasteiger partial charge is 0.254 e. The van der Waals surface area contributed by atoms with Crippen LogP contribution in [0, 0.1) is 0 Å². The average Bonchev–Trinajstić information content (AvgIpc) is 2.54. The predicted molar refractivity (Wildman–Crippen MR) is 90.2 cm³/mol.